The molecule has 0 N–H and O–H groups in total. The standard InChI is InChI=1S/C27H28BrFO4/c28-27-24(29)26(32-18-22-14-8-3-9-15-22)25(31-17-21-12-6-2-7-13-21)23(33-27)19-30-16-20-10-4-1-5-11-20/h1-15,23-27H,16-19H2/t23-,24+,25-,26-,27+/m1/s1. The Kier molecular flexibility index (Phi) is 9.03. The van der Waals surface area contributed by atoms with Gasteiger partial charge >= 0.3 is 0 Å². The zero-order valence-corrected chi connectivity index (χ0v) is 19.9. The van der Waals surface area contributed by atoms with E-state index in [-0.39, 0.29) is 13.2 Å². The highest BCUT2D eigenvalue weighted by molar-refractivity contribution is 9.09. The summed E-state index contributed by atoms with van der Waals surface area (Å²) < 4.78 is 39.4. The van der Waals surface area contributed by atoms with Crippen LogP contribution in [0, 0.1) is 0 Å². The molecule has 3 aromatic carbocycles. The Hall–Kier alpha value is -2.09. The van der Waals surface area contributed by atoms with Crippen LogP contribution in [0.25, 0.3) is 0 Å². The molecule has 4 nitrogen and oxygen atoms in total. The number of hydrogen-bond donors (Lipinski definition) is 0. The smallest absolute Gasteiger partial charge is 0.165 e. The van der Waals surface area contributed by atoms with Gasteiger partial charge in [-0.1, -0.05) is 107 Å². The molecular weight excluding hydrogens is 487 g/mol. The highest BCUT2D eigenvalue weighted by Gasteiger charge is 2.47. The summed E-state index contributed by atoms with van der Waals surface area (Å²) in [5, 5.41) is -0.805. The second kappa shape index (κ2) is 12.4. The van der Waals surface area contributed by atoms with Crippen LogP contribution < -0.4 is 0 Å². The molecule has 4 rings (SSSR count). The summed E-state index contributed by atoms with van der Waals surface area (Å²) in [6, 6.07) is 29.4. The van der Waals surface area contributed by atoms with Gasteiger partial charge in [-0.15, -0.1) is 0 Å². The molecule has 0 aromatic heterocycles. The highest BCUT2D eigenvalue weighted by atomic mass is 79.9. The molecule has 33 heavy (non-hydrogen) atoms. The number of benzene rings is 3. The predicted octanol–water partition coefficient (Wildman–Crippen LogP) is 5.83. The van der Waals surface area contributed by atoms with Gasteiger partial charge in [0.2, 0.25) is 0 Å². The lowest BCUT2D eigenvalue weighted by molar-refractivity contribution is -0.228. The number of hydrogen-bond acceptors (Lipinski definition) is 4. The van der Waals surface area contributed by atoms with Gasteiger partial charge in [-0.25, -0.2) is 4.39 Å². The van der Waals surface area contributed by atoms with Crippen molar-refractivity contribution >= 4 is 15.9 Å². The first-order valence-electron chi connectivity index (χ1n) is 11.1. The highest BCUT2D eigenvalue weighted by Crippen LogP contribution is 2.32. The van der Waals surface area contributed by atoms with Crippen LogP contribution in [-0.4, -0.2) is 36.1 Å². The Morgan fingerprint density at radius 1 is 0.667 bits per heavy atom. The van der Waals surface area contributed by atoms with Gasteiger partial charge in [0.1, 0.15) is 23.3 Å². The maximum absolute atomic E-state index is 15.3. The maximum Gasteiger partial charge on any atom is 0.165 e. The van der Waals surface area contributed by atoms with E-state index in [1.807, 2.05) is 91.0 Å². The van der Waals surface area contributed by atoms with Crippen molar-refractivity contribution in [3.63, 3.8) is 0 Å². The molecule has 1 fully saturated rings. The Bertz CT molecular complexity index is 944. The van der Waals surface area contributed by atoms with Crippen LogP contribution in [0.5, 0.6) is 0 Å². The molecule has 6 heteroatoms. The monoisotopic (exact) mass is 514 g/mol. The van der Waals surface area contributed by atoms with Crippen molar-refractivity contribution in [2.45, 2.75) is 49.3 Å². The SMILES string of the molecule is F[C@H]1[C@@H](OCc2ccccc2)[C@H](OCc2ccccc2)[C@@H](COCc2ccccc2)O[C@@H]1Br. The summed E-state index contributed by atoms with van der Waals surface area (Å²) in [7, 11) is 0. The fourth-order valence-corrected chi connectivity index (χ4v) is 4.36. The molecule has 0 radical (unpaired) electrons. The first kappa shape index (κ1) is 24.0. The van der Waals surface area contributed by atoms with E-state index in [1.54, 1.807) is 0 Å². The molecule has 5 atom stereocenters. The lowest BCUT2D eigenvalue weighted by atomic mass is 10.0. The Labute approximate surface area is 202 Å². The van der Waals surface area contributed by atoms with Gasteiger partial charge in [-0.05, 0) is 16.7 Å². The van der Waals surface area contributed by atoms with Crippen LogP contribution in [0.3, 0.4) is 0 Å². The van der Waals surface area contributed by atoms with Crippen LogP contribution in [-0.2, 0) is 38.8 Å². The van der Waals surface area contributed by atoms with Crippen molar-refractivity contribution in [2.75, 3.05) is 6.61 Å². The first-order chi connectivity index (χ1) is 16.2. The molecule has 0 aliphatic carbocycles. The third-order valence-electron chi connectivity index (χ3n) is 5.52. The summed E-state index contributed by atoms with van der Waals surface area (Å²) >= 11 is 3.33. The molecule has 1 aliphatic heterocycles. The Morgan fingerprint density at radius 3 is 1.64 bits per heavy atom. The van der Waals surface area contributed by atoms with Gasteiger partial charge < -0.3 is 18.9 Å². The Balaban J connectivity index is 1.46. The van der Waals surface area contributed by atoms with Gasteiger partial charge in [0, 0.05) is 0 Å². The molecule has 1 heterocycles. The lowest BCUT2D eigenvalue weighted by Crippen LogP contribution is -2.57. The summed E-state index contributed by atoms with van der Waals surface area (Å²) in [6.07, 6.45) is -3.32. The van der Waals surface area contributed by atoms with E-state index in [4.69, 9.17) is 18.9 Å². The quantitative estimate of drug-likeness (QED) is 0.319. The minimum atomic E-state index is -1.39. The molecule has 0 bridgehead atoms. The van der Waals surface area contributed by atoms with Crippen LogP contribution in [0.4, 0.5) is 4.39 Å². The van der Waals surface area contributed by atoms with E-state index >= 15 is 4.39 Å². The lowest BCUT2D eigenvalue weighted by Gasteiger charge is -2.41. The minimum absolute atomic E-state index is 0.258. The fourth-order valence-electron chi connectivity index (χ4n) is 3.78. The van der Waals surface area contributed by atoms with Crippen molar-refractivity contribution in [1.29, 1.82) is 0 Å². The van der Waals surface area contributed by atoms with Crippen molar-refractivity contribution in [1.82, 2.24) is 0 Å². The second-order valence-corrected chi connectivity index (χ2v) is 8.90. The van der Waals surface area contributed by atoms with Crippen molar-refractivity contribution in [2.24, 2.45) is 0 Å². The molecule has 0 unspecified atom stereocenters. The van der Waals surface area contributed by atoms with E-state index in [9.17, 15) is 0 Å². The molecule has 0 spiro atoms. The molecule has 0 saturated carbocycles. The van der Waals surface area contributed by atoms with E-state index in [2.05, 4.69) is 15.9 Å². The molecule has 174 valence electrons. The second-order valence-electron chi connectivity index (χ2n) is 7.99. The average Bonchev–Trinajstić information content (AvgIpc) is 2.86. The number of alkyl halides is 2. The fraction of sp³-hybridized carbons (Fsp3) is 0.333. The van der Waals surface area contributed by atoms with Gasteiger partial charge in [-0.3, -0.25) is 0 Å². The molecule has 3 aromatic rings. The van der Waals surface area contributed by atoms with Gasteiger partial charge in [0.15, 0.2) is 6.17 Å². The zero-order chi connectivity index (χ0) is 22.9. The van der Waals surface area contributed by atoms with Crippen molar-refractivity contribution in [3.05, 3.63) is 108 Å². The van der Waals surface area contributed by atoms with Gasteiger partial charge in [-0.2, -0.15) is 0 Å². The predicted molar refractivity (Wildman–Crippen MR) is 129 cm³/mol. The third kappa shape index (κ3) is 6.95. The van der Waals surface area contributed by atoms with Crippen LogP contribution in [0.1, 0.15) is 16.7 Å². The molecule has 1 aliphatic rings. The average molecular weight is 515 g/mol. The topological polar surface area (TPSA) is 36.9 Å². The van der Waals surface area contributed by atoms with E-state index in [1.165, 1.54) is 0 Å². The maximum atomic E-state index is 15.3. The van der Waals surface area contributed by atoms with Gasteiger partial charge in [0.25, 0.3) is 0 Å². The first-order valence-corrected chi connectivity index (χ1v) is 12.0. The van der Waals surface area contributed by atoms with Crippen molar-refractivity contribution in [3.8, 4) is 0 Å². The molecule has 1 saturated heterocycles. The third-order valence-corrected chi connectivity index (χ3v) is 6.24. The van der Waals surface area contributed by atoms with Crippen LogP contribution in [0.15, 0.2) is 91.0 Å². The van der Waals surface area contributed by atoms with E-state index in [0.717, 1.165) is 16.7 Å². The van der Waals surface area contributed by atoms with Crippen LogP contribution >= 0.6 is 15.9 Å². The normalized spacial score (nSPS) is 25.1. The van der Waals surface area contributed by atoms with Crippen LogP contribution in [0.2, 0.25) is 0 Å². The van der Waals surface area contributed by atoms with Crippen molar-refractivity contribution < 1.29 is 23.3 Å². The van der Waals surface area contributed by atoms with E-state index < -0.39 is 29.5 Å². The minimum Gasteiger partial charge on any atom is -0.374 e. The largest absolute Gasteiger partial charge is 0.374 e. The number of ether oxygens (including phenoxy) is 4. The summed E-state index contributed by atoms with van der Waals surface area (Å²) in [5.41, 5.74) is 3.03. The summed E-state index contributed by atoms with van der Waals surface area (Å²) in [4.78, 5) is 0. The molecule has 0 amide bonds. The van der Waals surface area contributed by atoms with Gasteiger partial charge in [0.05, 0.1) is 26.4 Å². The Morgan fingerprint density at radius 2 is 1.12 bits per heavy atom. The summed E-state index contributed by atoms with van der Waals surface area (Å²) in [5.74, 6) is 0. The number of halogens is 2. The zero-order valence-electron chi connectivity index (χ0n) is 18.3. The molecular formula is C27H28BrFO4. The summed E-state index contributed by atoms with van der Waals surface area (Å²) in [6.45, 7) is 1.31. The number of rotatable bonds is 10. The van der Waals surface area contributed by atoms with E-state index in [0.29, 0.717) is 13.2 Å².